The van der Waals surface area contributed by atoms with Crippen LogP contribution in [0, 0.1) is 6.92 Å². The Morgan fingerprint density at radius 2 is 2.18 bits per heavy atom. The van der Waals surface area contributed by atoms with Crippen molar-refractivity contribution in [3.8, 4) is 5.88 Å². The molecular formula is C9H8F3N3O2. The zero-order chi connectivity index (χ0) is 12.8. The largest absolute Gasteiger partial charge is 0.493 e. The lowest BCUT2D eigenvalue weighted by Gasteiger charge is -2.07. The Morgan fingerprint density at radius 3 is 2.76 bits per heavy atom. The van der Waals surface area contributed by atoms with E-state index >= 15 is 0 Å². The second-order valence-electron chi connectivity index (χ2n) is 3.63. The number of aromatic nitrogens is 3. The third-order valence-corrected chi connectivity index (χ3v) is 2.19. The Balaban J connectivity index is 2.67. The first-order valence-corrected chi connectivity index (χ1v) is 4.65. The summed E-state index contributed by atoms with van der Waals surface area (Å²) in [5.74, 6) is -0.783. The van der Waals surface area contributed by atoms with Gasteiger partial charge in [0.2, 0.25) is 5.88 Å². The Kier molecular flexibility index (Phi) is 2.37. The first-order chi connectivity index (χ1) is 7.78. The summed E-state index contributed by atoms with van der Waals surface area (Å²) in [5, 5.41) is 13.4. The lowest BCUT2D eigenvalue weighted by Crippen LogP contribution is -2.22. The molecular weight excluding hydrogens is 239 g/mol. The van der Waals surface area contributed by atoms with Gasteiger partial charge in [-0.15, -0.1) is 0 Å². The summed E-state index contributed by atoms with van der Waals surface area (Å²) in [4.78, 5) is 13.6. The van der Waals surface area contributed by atoms with Crippen LogP contribution in [-0.4, -0.2) is 25.9 Å². The van der Waals surface area contributed by atoms with Gasteiger partial charge in [-0.2, -0.15) is 22.8 Å². The van der Waals surface area contributed by atoms with E-state index < -0.39 is 29.6 Å². The molecule has 2 N–H and O–H groups in total. The number of alkyl halides is 3. The van der Waals surface area contributed by atoms with Crippen LogP contribution in [0.3, 0.4) is 0 Å². The molecule has 2 aromatic rings. The third-order valence-electron chi connectivity index (χ3n) is 2.19. The van der Waals surface area contributed by atoms with Crippen molar-refractivity contribution in [1.82, 2.24) is 14.6 Å². The molecule has 0 unspecified atom stereocenters. The van der Waals surface area contributed by atoms with Crippen molar-refractivity contribution in [2.24, 2.45) is 0 Å². The van der Waals surface area contributed by atoms with Crippen LogP contribution in [-0.2, 0) is 6.42 Å². The van der Waals surface area contributed by atoms with E-state index in [1.54, 1.807) is 6.92 Å². The Bertz CT molecular complexity index is 627. The number of hydrogen-bond acceptors (Lipinski definition) is 3. The smallest absolute Gasteiger partial charge is 0.393 e. The van der Waals surface area contributed by atoms with E-state index in [2.05, 4.69) is 10.1 Å². The molecule has 0 aliphatic heterocycles. The molecule has 0 amide bonds. The molecule has 5 nitrogen and oxygen atoms in total. The van der Waals surface area contributed by atoms with Gasteiger partial charge in [0.15, 0.2) is 0 Å². The molecule has 92 valence electrons. The van der Waals surface area contributed by atoms with Crippen LogP contribution in [0.2, 0.25) is 0 Å². The summed E-state index contributed by atoms with van der Waals surface area (Å²) < 4.78 is 37.5. The van der Waals surface area contributed by atoms with Gasteiger partial charge in [0, 0.05) is 6.07 Å². The highest BCUT2D eigenvalue weighted by Gasteiger charge is 2.31. The molecule has 2 aromatic heterocycles. The summed E-state index contributed by atoms with van der Waals surface area (Å²) in [7, 11) is 0. The fourth-order valence-electron chi connectivity index (χ4n) is 1.53. The molecule has 8 heteroatoms. The normalized spacial score (nSPS) is 12.2. The molecule has 17 heavy (non-hydrogen) atoms. The number of nitrogens with zero attached hydrogens (tertiary/aromatic N) is 2. The van der Waals surface area contributed by atoms with Gasteiger partial charge in [-0.05, 0) is 6.92 Å². The lowest BCUT2D eigenvalue weighted by atomic mass is 10.2. The average Bonchev–Trinajstić information content (AvgIpc) is 2.52. The van der Waals surface area contributed by atoms with E-state index in [1.807, 2.05) is 0 Å². The number of fused-ring (bicyclic) bond motifs is 1. The number of aryl methyl sites for hydroxylation is 1. The highest BCUT2D eigenvalue weighted by molar-refractivity contribution is 5.43. The van der Waals surface area contributed by atoms with Crippen LogP contribution in [0.1, 0.15) is 11.3 Å². The molecule has 0 bridgehead atoms. The average molecular weight is 247 g/mol. The summed E-state index contributed by atoms with van der Waals surface area (Å²) in [6.07, 6.45) is -6.07. The lowest BCUT2D eigenvalue weighted by molar-refractivity contribution is -0.127. The number of aromatic amines is 1. The fourth-order valence-corrected chi connectivity index (χ4v) is 1.53. The summed E-state index contributed by atoms with van der Waals surface area (Å²) in [6.45, 7) is 1.59. The van der Waals surface area contributed by atoms with Gasteiger partial charge >= 0.3 is 6.18 Å². The summed E-state index contributed by atoms with van der Waals surface area (Å²) >= 11 is 0. The maximum absolute atomic E-state index is 12.2. The van der Waals surface area contributed by atoms with Gasteiger partial charge in [-0.25, -0.2) is 0 Å². The molecule has 0 saturated carbocycles. The van der Waals surface area contributed by atoms with Crippen LogP contribution in [0.4, 0.5) is 13.2 Å². The monoisotopic (exact) mass is 247 g/mol. The molecule has 2 heterocycles. The Labute approximate surface area is 92.5 Å². The predicted molar refractivity (Wildman–Crippen MR) is 52.0 cm³/mol. The van der Waals surface area contributed by atoms with E-state index in [9.17, 15) is 23.1 Å². The first kappa shape index (κ1) is 11.5. The van der Waals surface area contributed by atoms with E-state index in [0.29, 0.717) is 5.69 Å². The van der Waals surface area contributed by atoms with Crippen molar-refractivity contribution in [2.45, 2.75) is 19.5 Å². The van der Waals surface area contributed by atoms with Gasteiger partial charge in [-0.1, -0.05) is 0 Å². The minimum Gasteiger partial charge on any atom is -0.493 e. The fraction of sp³-hybridized carbons (Fsp3) is 0.333. The molecule has 0 spiro atoms. The topological polar surface area (TPSA) is 70.4 Å². The van der Waals surface area contributed by atoms with E-state index in [0.717, 1.165) is 4.52 Å². The zero-order valence-corrected chi connectivity index (χ0v) is 8.67. The van der Waals surface area contributed by atoms with Gasteiger partial charge in [0.1, 0.15) is 5.65 Å². The molecule has 0 atom stereocenters. The standard InChI is InChI=1S/C9H8F3N3O2/c1-4-2-6-13-7(16)5(3-9(10,11)12)8(17)15(6)14-4/h2,17H,3H2,1H3,(H,13,16). The minimum atomic E-state index is -4.57. The van der Waals surface area contributed by atoms with Crippen molar-refractivity contribution in [3.05, 3.63) is 27.7 Å². The number of H-pyrrole nitrogens is 1. The van der Waals surface area contributed by atoms with E-state index in [-0.39, 0.29) is 5.65 Å². The molecule has 0 aliphatic carbocycles. The van der Waals surface area contributed by atoms with Gasteiger partial charge < -0.3 is 10.1 Å². The van der Waals surface area contributed by atoms with E-state index in [4.69, 9.17) is 0 Å². The third kappa shape index (κ3) is 2.10. The van der Waals surface area contributed by atoms with Crippen LogP contribution in [0.15, 0.2) is 10.9 Å². The predicted octanol–water partition coefficient (Wildman–Crippen LogP) is 1.14. The maximum Gasteiger partial charge on any atom is 0.393 e. The molecule has 0 aliphatic rings. The van der Waals surface area contributed by atoms with Crippen LogP contribution < -0.4 is 5.56 Å². The molecule has 0 fully saturated rings. The minimum absolute atomic E-state index is 0.149. The Hall–Kier alpha value is -1.99. The van der Waals surface area contributed by atoms with Gasteiger partial charge in [0.25, 0.3) is 5.56 Å². The van der Waals surface area contributed by atoms with Crippen molar-refractivity contribution >= 4 is 5.65 Å². The Morgan fingerprint density at radius 1 is 1.53 bits per heavy atom. The molecule has 0 radical (unpaired) electrons. The van der Waals surface area contributed by atoms with Crippen molar-refractivity contribution in [3.63, 3.8) is 0 Å². The second kappa shape index (κ2) is 3.51. The molecule has 0 aromatic carbocycles. The first-order valence-electron chi connectivity index (χ1n) is 4.65. The number of nitrogens with one attached hydrogen (secondary N) is 1. The van der Waals surface area contributed by atoms with Crippen LogP contribution in [0.25, 0.3) is 5.65 Å². The van der Waals surface area contributed by atoms with Gasteiger partial charge in [-0.3, -0.25) is 4.79 Å². The van der Waals surface area contributed by atoms with Crippen molar-refractivity contribution in [1.29, 1.82) is 0 Å². The molecule has 0 saturated heterocycles. The number of hydrogen-bond donors (Lipinski definition) is 2. The van der Waals surface area contributed by atoms with E-state index in [1.165, 1.54) is 6.07 Å². The maximum atomic E-state index is 12.2. The SMILES string of the molecule is Cc1cc2[nH]c(=O)c(CC(F)(F)F)c(O)n2n1. The summed E-state index contributed by atoms with van der Waals surface area (Å²) in [5.41, 5.74) is -1.09. The zero-order valence-electron chi connectivity index (χ0n) is 8.67. The van der Waals surface area contributed by atoms with Crippen molar-refractivity contribution in [2.75, 3.05) is 0 Å². The number of aromatic hydroxyl groups is 1. The number of rotatable bonds is 1. The van der Waals surface area contributed by atoms with Crippen LogP contribution >= 0.6 is 0 Å². The van der Waals surface area contributed by atoms with Crippen molar-refractivity contribution < 1.29 is 18.3 Å². The highest BCUT2D eigenvalue weighted by atomic mass is 19.4. The van der Waals surface area contributed by atoms with Crippen LogP contribution in [0.5, 0.6) is 5.88 Å². The quantitative estimate of drug-likeness (QED) is 0.793. The molecule has 2 rings (SSSR count). The number of halogens is 3. The summed E-state index contributed by atoms with van der Waals surface area (Å²) in [6, 6.07) is 1.44. The van der Waals surface area contributed by atoms with Gasteiger partial charge in [0.05, 0.1) is 17.7 Å². The highest BCUT2D eigenvalue weighted by Crippen LogP contribution is 2.24. The second-order valence-corrected chi connectivity index (χ2v) is 3.63.